The number of carbonyl (C=O) groups excluding carboxylic acids is 1. The summed E-state index contributed by atoms with van der Waals surface area (Å²) in [4.78, 5) is 31.0. The fourth-order valence-electron chi connectivity index (χ4n) is 2.14. The average molecular weight is 286 g/mol. The van der Waals surface area contributed by atoms with Crippen molar-refractivity contribution in [3.8, 4) is 0 Å². The number of halogens is 1. The van der Waals surface area contributed by atoms with Crippen LogP contribution in [0.25, 0.3) is 0 Å². The lowest BCUT2D eigenvalue weighted by Gasteiger charge is -2.17. The van der Waals surface area contributed by atoms with Gasteiger partial charge < -0.3 is 10.6 Å². The molecule has 1 aromatic rings. The first-order valence-corrected chi connectivity index (χ1v) is 6.00. The normalized spacial score (nSPS) is 18.6. The molecule has 19 heavy (non-hydrogen) atoms. The highest BCUT2D eigenvalue weighted by Crippen LogP contribution is 2.33. The molecular weight excluding hydrogens is 274 g/mol. The SMILES string of the molecule is Cc1nc(Cl)nc(N2CCC(C(N)=O)C2)c1[N+](=O)[O-]. The van der Waals surface area contributed by atoms with E-state index in [0.717, 1.165) is 0 Å². The summed E-state index contributed by atoms with van der Waals surface area (Å²) in [6, 6.07) is 0. The van der Waals surface area contributed by atoms with Crippen molar-refractivity contribution in [2.75, 3.05) is 18.0 Å². The molecule has 2 N–H and O–H groups in total. The molecule has 0 bridgehead atoms. The minimum absolute atomic E-state index is 0.0550. The number of nitrogens with zero attached hydrogens (tertiary/aromatic N) is 4. The molecule has 1 atom stereocenters. The summed E-state index contributed by atoms with van der Waals surface area (Å²) < 4.78 is 0. The van der Waals surface area contributed by atoms with Gasteiger partial charge in [0.15, 0.2) is 0 Å². The summed E-state index contributed by atoms with van der Waals surface area (Å²) in [5, 5.41) is 11.0. The van der Waals surface area contributed by atoms with Gasteiger partial charge in [-0.25, -0.2) is 4.98 Å². The van der Waals surface area contributed by atoms with Crippen LogP contribution in [-0.2, 0) is 4.79 Å². The summed E-state index contributed by atoms with van der Waals surface area (Å²) >= 11 is 5.74. The molecule has 0 saturated carbocycles. The molecule has 2 heterocycles. The fraction of sp³-hybridized carbons (Fsp3) is 0.500. The maximum Gasteiger partial charge on any atom is 0.332 e. The van der Waals surface area contributed by atoms with Crippen molar-refractivity contribution in [3.63, 3.8) is 0 Å². The van der Waals surface area contributed by atoms with Gasteiger partial charge in [-0.15, -0.1) is 0 Å². The van der Waals surface area contributed by atoms with Gasteiger partial charge in [-0.1, -0.05) is 0 Å². The molecule has 0 radical (unpaired) electrons. The maximum atomic E-state index is 11.1. The number of rotatable bonds is 3. The van der Waals surface area contributed by atoms with Gasteiger partial charge in [-0.2, -0.15) is 4.98 Å². The second-order valence-electron chi connectivity index (χ2n) is 4.34. The molecule has 1 aliphatic rings. The Balaban J connectivity index is 2.40. The lowest BCUT2D eigenvalue weighted by molar-refractivity contribution is -0.385. The van der Waals surface area contributed by atoms with E-state index in [1.54, 1.807) is 4.90 Å². The molecule has 0 spiro atoms. The first-order chi connectivity index (χ1) is 8.90. The van der Waals surface area contributed by atoms with Gasteiger partial charge in [-0.3, -0.25) is 14.9 Å². The largest absolute Gasteiger partial charge is 0.369 e. The minimum Gasteiger partial charge on any atom is -0.369 e. The molecule has 9 heteroatoms. The van der Waals surface area contributed by atoms with Gasteiger partial charge in [0.25, 0.3) is 0 Å². The first kappa shape index (κ1) is 13.5. The Labute approximate surface area is 113 Å². The third-order valence-corrected chi connectivity index (χ3v) is 3.25. The molecule has 8 nitrogen and oxygen atoms in total. The van der Waals surface area contributed by atoms with E-state index in [9.17, 15) is 14.9 Å². The maximum absolute atomic E-state index is 11.1. The quantitative estimate of drug-likeness (QED) is 0.495. The van der Waals surface area contributed by atoms with Crippen molar-refractivity contribution < 1.29 is 9.72 Å². The van der Waals surface area contributed by atoms with Gasteiger partial charge in [0.05, 0.1) is 10.8 Å². The van der Waals surface area contributed by atoms with Crippen molar-refractivity contribution >= 4 is 29.0 Å². The van der Waals surface area contributed by atoms with E-state index in [4.69, 9.17) is 17.3 Å². The predicted octanol–water partition coefficient (Wildman–Crippen LogP) is 0.658. The predicted molar refractivity (Wildman–Crippen MR) is 67.9 cm³/mol. The molecular formula is C10H12ClN5O3. The van der Waals surface area contributed by atoms with Crippen molar-refractivity contribution in [3.05, 3.63) is 21.1 Å². The summed E-state index contributed by atoms with van der Waals surface area (Å²) in [7, 11) is 0. The Morgan fingerprint density at radius 2 is 2.26 bits per heavy atom. The summed E-state index contributed by atoms with van der Waals surface area (Å²) in [5.74, 6) is -0.595. The lowest BCUT2D eigenvalue weighted by atomic mass is 10.1. The van der Waals surface area contributed by atoms with E-state index in [1.807, 2.05) is 0 Å². The van der Waals surface area contributed by atoms with E-state index in [0.29, 0.717) is 19.5 Å². The van der Waals surface area contributed by atoms with Crippen molar-refractivity contribution in [2.24, 2.45) is 11.7 Å². The Kier molecular flexibility index (Phi) is 3.52. The Bertz CT molecular complexity index is 550. The van der Waals surface area contributed by atoms with Crippen LogP contribution in [0.15, 0.2) is 0 Å². The van der Waals surface area contributed by atoms with Gasteiger partial charge in [0, 0.05) is 13.1 Å². The smallest absolute Gasteiger partial charge is 0.332 e. The van der Waals surface area contributed by atoms with Crippen LogP contribution in [0.1, 0.15) is 12.1 Å². The number of nitro groups is 1. The number of carbonyl (C=O) groups is 1. The van der Waals surface area contributed by atoms with Crippen LogP contribution < -0.4 is 10.6 Å². The molecule has 0 aromatic carbocycles. The monoisotopic (exact) mass is 285 g/mol. The topological polar surface area (TPSA) is 115 Å². The third kappa shape index (κ3) is 2.58. The zero-order valence-electron chi connectivity index (χ0n) is 10.2. The highest BCUT2D eigenvalue weighted by atomic mass is 35.5. The molecule has 1 aromatic heterocycles. The number of primary amides is 1. The highest BCUT2D eigenvalue weighted by molar-refractivity contribution is 6.28. The number of nitrogens with two attached hydrogens (primary N) is 1. The molecule has 1 unspecified atom stereocenters. The zero-order valence-corrected chi connectivity index (χ0v) is 10.9. The number of anilines is 1. The van der Waals surface area contributed by atoms with Crippen LogP contribution >= 0.6 is 11.6 Å². The van der Waals surface area contributed by atoms with Crippen LogP contribution in [0.4, 0.5) is 11.5 Å². The van der Waals surface area contributed by atoms with Crippen LogP contribution in [0.3, 0.4) is 0 Å². The fourth-order valence-corrected chi connectivity index (χ4v) is 2.34. The van der Waals surface area contributed by atoms with Gasteiger partial charge in [0.1, 0.15) is 5.69 Å². The van der Waals surface area contributed by atoms with Crippen LogP contribution in [0.2, 0.25) is 5.28 Å². The standard InChI is InChI=1S/C10H12ClN5O3/c1-5-7(16(18)19)9(14-10(11)13-5)15-3-2-6(4-15)8(12)17/h6H,2-4H2,1H3,(H2,12,17). The highest BCUT2D eigenvalue weighted by Gasteiger charge is 2.33. The molecule has 102 valence electrons. The molecule has 2 rings (SSSR count). The second kappa shape index (κ2) is 4.96. The molecule has 1 aliphatic heterocycles. The van der Waals surface area contributed by atoms with Crippen molar-refractivity contribution in [1.82, 2.24) is 9.97 Å². The summed E-state index contributed by atoms with van der Waals surface area (Å²) in [6.07, 6.45) is 0.549. The number of hydrogen-bond donors (Lipinski definition) is 1. The number of aryl methyl sites for hydroxylation is 1. The molecule has 1 saturated heterocycles. The zero-order chi connectivity index (χ0) is 14.2. The molecule has 1 amide bonds. The van der Waals surface area contributed by atoms with Gasteiger partial charge >= 0.3 is 5.69 Å². The van der Waals surface area contributed by atoms with E-state index in [2.05, 4.69) is 9.97 Å². The minimum atomic E-state index is -0.543. The summed E-state index contributed by atoms with van der Waals surface area (Å²) in [5.41, 5.74) is 5.25. The second-order valence-corrected chi connectivity index (χ2v) is 4.68. The van der Waals surface area contributed by atoms with Crippen molar-refractivity contribution in [2.45, 2.75) is 13.3 Å². The summed E-state index contributed by atoms with van der Waals surface area (Å²) in [6.45, 7) is 2.28. The van der Waals surface area contributed by atoms with Crippen molar-refractivity contribution in [1.29, 1.82) is 0 Å². The van der Waals surface area contributed by atoms with Gasteiger partial charge in [0.2, 0.25) is 17.0 Å². The number of hydrogen-bond acceptors (Lipinski definition) is 6. The lowest BCUT2D eigenvalue weighted by Crippen LogP contribution is -2.28. The van der Waals surface area contributed by atoms with E-state index in [-0.39, 0.29) is 28.4 Å². The number of aromatic nitrogens is 2. The van der Waals surface area contributed by atoms with Crippen LogP contribution in [0.5, 0.6) is 0 Å². The first-order valence-electron chi connectivity index (χ1n) is 5.63. The molecule has 0 aliphatic carbocycles. The third-order valence-electron chi connectivity index (χ3n) is 3.09. The van der Waals surface area contributed by atoms with E-state index in [1.165, 1.54) is 6.92 Å². The Morgan fingerprint density at radius 1 is 1.58 bits per heavy atom. The van der Waals surface area contributed by atoms with E-state index < -0.39 is 10.8 Å². The van der Waals surface area contributed by atoms with Crippen LogP contribution in [-0.4, -0.2) is 33.9 Å². The molecule has 1 fully saturated rings. The van der Waals surface area contributed by atoms with Crippen LogP contribution in [0, 0.1) is 23.0 Å². The Morgan fingerprint density at radius 3 is 2.79 bits per heavy atom. The van der Waals surface area contributed by atoms with Gasteiger partial charge in [-0.05, 0) is 24.9 Å². The van der Waals surface area contributed by atoms with E-state index >= 15 is 0 Å². The number of amides is 1. The average Bonchev–Trinajstić information content (AvgIpc) is 2.76. The Hall–Kier alpha value is -1.96.